The molecule has 0 spiro atoms. The Hall–Kier alpha value is -3.07. The molecule has 3 aromatic rings. The van der Waals surface area contributed by atoms with Crippen LogP contribution in [0.5, 0.6) is 0 Å². The van der Waals surface area contributed by atoms with Gasteiger partial charge in [-0.2, -0.15) is 0 Å². The van der Waals surface area contributed by atoms with Gasteiger partial charge < -0.3 is 0 Å². The summed E-state index contributed by atoms with van der Waals surface area (Å²) in [5, 5.41) is 0. The van der Waals surface area contributed by atoms with Gasteiger partial charge in [-0.15, -0.1) is 0 Å². The van der Waals surface area contributed by atoms with Crippen LogP contribution in [-0.4, -0.2) is 12.0 Å². The van der Waals surface area contributed by atoms with Crippen LogP contribution >= 0.6 is 0 Å². The molecule has 3 aromatic carbocycles. The molecular formula is C22H18FNO. The van der Waals surface area contributed by atoms with Crippen molar-refractivity contribution in [2.75, 3.05) is 0 Å². The highest BCUT2D eigenvalue weighted by atomic mass is 19.1. The van der Waals surface area contributed by atoms with Crippen LogP contribution in [0.4, 0.5) is 10.1 Å². The van der Waals surface area contributed by atoms with Gasteiger partial charge in [0, 0.05) is 18.2 Å². The molecule has 3 heteroatoms. The van der Waals surface area contributed by atoms with Crippen LogP contribution in [0.3, 0.4) is 0 Å². The van der Waals surface area contributed by atoms with Crippen molar-refractivity contribution in [3.8, 4) is 0 Å². The minimum absolute atomic E-state index is 0.0517. The first-order valence-corrected chi connectivity index (χ1v) is 8.18. The van der Waals surface area contributed by atoms with E-state index in [0.29, 0.717) is 29.7 Å². The third-order valence-corrected chi connectivity index (χ3v) is 3.89. The largest absolute Gasteiger partial charge is 0.294 e. The predicted molar refractivity (Wildman–Crippen MR) is 99.2 cm³/mol. The number of aryl methyl sites for hydroxylation is 1. The predicted octanol–water partition coefficient (Wildman–Crippen LogP) is 5.39. The molecule has 0 aliphatic carbocycles. The Kier molecular flexibility index (Phi) is 5.47. The average Bonchev–Trinajstić information content (AvgIpc) is 2.65. The highest BCUT2D eigenvalue weighted by molar-refractivity contribution is 6.01. The molecule has 0 bridgehead atoms. The highest BCUT2D eigenvalue weighted by Crippen LogP contribution is 2.21. The number of rotatable bonds is 6. The van der Waals surface area contributed by atoms with E-state index < -0.39 is 0 Å². The summed E-state index contributed by atoms with van der Waals surface area (Å²) in [6.07, 6.45) is 2.70. The van der Waals surface area contributed by atoms with Crippen molar-refractivity contribution in [1.82, 2.24) is 0 Å². The number of carbonyl (C=O) groups is 1. The Morgan fingerprint density at radius 2 is 1.68 bits per heavy atom. The van der Waals surface area contributed by atoms with E-state index in [0.717, 1.165) is 5.56 Å². The Morgan fingerprint density at radius 1 is 0.920 bits per heavy atom. The summed E-state index contributed by atoms with van der Waals surface area (Å²) >= 11 is 0. The fourth-order valence-corrected chi connectivity index (χ4v) is 2.59. The second-order valence-electron chi connectivity index (χ2n) is 5.74. The molecule has 0 unspecified atom stereocenters. The molecule has 0 fully saturated rings. The van der Waals surface area contributed by atoms with Gasteiger partial charge in [-0.25, -0.2) is 4.39 Å². The maximum atomic E-state index is 13.2. The van der Waals surface area contributed by atoms with Crippen molar-refractivity contribution < 1.29 is 9.18 Å². The van der Waals surface area contributed by atoms with Crippen molar-refractivity contribution in [2.24, 2.45) is 4.99 Å². The van der Waals surface area contributed by atoms with E-state index in [1.54, 1.807) is 30.5 Å². The Labute approximate surface area is 146 Å². The second kappa shape index (κ2) is 8.15. The molecule has 0 atom stereocenters. The van der Waals surface area contributed by atoms with Gasteiger partial charge in [-0.05, 0) is 41.8 Å². The third kappa shape index (κ3) is 4.70. The zero-order chi connectivity index (χ0) is 17.5. The molecule has 0 saturated heterocycles. The van der Waals surface area contributed by atoms with E-state index in [-0.39, 0.29) is 11.6 Å². The van der Waals surface area contributed by atoms with E-state index in [1.165, 1.54) is 12.1 Å². The fourth-order valence-electron chi connectivity index (χ4n) is 2.59. The van der Waals surface area contributed by atoms with Crippen molar-refractivity contribution in [2.45, 2.75) is 12.8 Å². The van der Waals surface area contributed by atoms with Gasteiger partial charge in [-0.1, -0.05) is 54.6 Å². The number of para-hydroxylation sites is 1. The molecule has 0 aromatic heterocycles. The fraction of sp³-hybridized carbons (Fsp3) is 0.0909. The topological polar surface area (TPSA) is 29.4 Å². The lowest BCUT2D eigenvalue weighted by Gasteiger charge is -2.05. The van der Waals surface area contributed by atoms with Crippen LogP contribution in [0, 0.1) is 5.82 Å². The molecule has 0 radical (unpaired) electrons. The molecule has 0 amide bonds. The molecule has 25 heavy (non-hydrogen) atoms. The minimum Gasteiger partial charge on any atom is -0.294 e. The molecule has 0 aliphatic heterocycles. The van der Waals surface area contributed by atoms with Gasteiger partial charge in [0.25, 0.3) is 0 Å². The van der Waals surface area contributed by atoms with E-state index in [9.17, 15) is 9.18 Å². The first-order chi connectivity index (χ1) is 12.2. The van der Waals surface area contributed by atoms with Crippen LogP contribution in [0.1, 0.15) is 27.9 Å². The van der Waals surface area contributed by atoms with Gasteiger partial charge in [0.05, 0.1) is 5.69 Å². The summed E-state index contributed by atoms with van der Waals surface area (Å²) in [5.41, 5.74) is 2.99. The lowest BCUT2D eigenvalue weighted by atomic mass is 10.0. The number of halogens is 1. The number of ketones is 1. The summed E-state index contributed by atoms with van der Waals surface area (Å²) in [6.45, 7) is 0. The van der Waals surface area contributed by atoms with Gasteiger partial charge in [0.2, 0.25) is 0 Å². The first-order valence-electron chi connectivity index (χ1n) is 8.18. The third-order valence-electron chi connectivity index (χ3n) is 3.89. The number of aliphatic imine (C=N–C) groups is 1. The summed E-state index contributed by atoms with van der Waals surface area (Å²) in [6, 6.07) is 23.4. The first kappa shape index (κ1) is 16.8. The molecule has 2 nitrogen and oxygen atoms in total. The number of carbonyl (C=O) groups excluding carboxylic acids is 1. The van der Waals surface area contributed by atoms with E-state index in [2.05, 4.69) is 4.99 Å². The van der Waals surface area contributed by atoms with Crippen LogP contribution in [0.15, 0.2) is 83.9 Å². The van der Waals surface area contributed by atoms with Gasteiger partial charge >= 0.3 is 0 Å². The van der Waals surface area contributed by atoms with Gasteiger partial charge in [0.15, 0.2) is 5.78 Å². The van der Waals surface area contributed by atoms with Crippen LogP contribution in [0.25, 0.3) is 0 Å². The number of benzene rings is 3. The standard InChI is InChI=1S/C22H18FNO/c23-19-10-6-9-18(15-19)16-24-21-12-5-4-11-20(21)22(25)14-13-17-7-2-1-3-8-17/h1-12,15-16H,13-14H2. The van der Waals surface area contributed by atoms with E-state index in [4.69, 9.17) is 0 Å². The van der Waals surface area contributed by atoms with Gasteiger partial charge in [-0.3, -0.25) is 9.79 Å². The lowest BCUT2D eigenvalue weighted by Crippen LogP contribution is -2.01. The molecule has 124 valence electrons. The number of Topliss-reactive ketones (excluding diaryl/α,β-unsaturated/α-hetero) is 1. The number of nitrogens with zero attached hydrogens (tertiary/aromatic N) is 1. The molecule has 0 N–H and O–H groups in total. The van der Waals surface area contributed by atoms with Crippen LogP contribution in [0.2, 0.25) is 0 Å². The second-order valence-corrected chi connectivity index (χ2v) is 5.74. The summed E-state index contributed by atoms with van der Waals surface area (Å²) in [4.78, 5) is 17.0. The maximum absolute atomic E-state index is 13.2. The Bertz CT molecular complexity index is 887. The lowest BCUT2D eigenvalue weighted by molar-refractivity contribution is 0.0983. The Morgan fingerprint density at radius 3 is 2.48 bits per heavy atom. The quantitative estimate of drug-likeness (QED) is 0.440. The minimum atomic E-state index is -0.309. The van der Waals surface area contributed by atoms with Crippen LogP contribution in [-0.2, 0) is 6.42 Å². The zero-order valence-corrected chi connectivity index (χ0v) is 13.7. The van der Waals surface area contributed by atoms with Crippen molar-refractivity contribution >= 4 is 17.7 Å². The molecule has 0 saturated carbocycles. The maximum Gasteiger partial charge on any atom is 0.165 e. The molecular weight excluding hydrogens is 313 g/mol. The summed E-state index contributed by atoms with van der Waals surface area (Å²) in [5.74, 6) is -0.257. The van der Waals surface area contributed by atoms with Crippen molar-refractivity contribution in [3.63, 3.8) is 0 Å². The van der Waals surface area contributed by atoms with Crippen molar-refractivity contribution in [1.29, 1.82) is 0 Å². The monoisotopic (exact) mass is 331 g/mol. The molecule has 0 aliphatic rings. The SMILES string of the molecule is O=C(CCc1ccccc1)c1ccccc1N=Cc1cccc(F)c1. The number of hydrogen-bond acceptors (Lipinski definition) is 2. The molecule has 0 heterocycles. The van der Waals surface area contributed by atoms with E-state index >= 15 is 0 Å². The number of hydrogen-bond donors (Lipinski definition) is 0. The van der Waals surface area contributed by atoms with Crippen LogP contribution < -0.4 is 0 Å². The summed E-state index contributed by atoms with van der Waals surface area (Å²) < 4.78 is 13.2. The molecule has 3 rings (SSSR count). The summed E-state index contributed by atoms with van der Waals surface area (Å²) in [7, 11) is 0. The van der Waals surface area contributed by atoms with E-state index in [1.807, 2.05) is 42.5 Å². The van der Waals surface area contributed by atoms with Gasteiger partial charge in [0.1, 0.15) is 5.82 Å². The smallest absolute Gasteiger partial charge is 0.165 e. The van der Waals surface area contributed by atoms with Crippen molar-refractivity contribution in [3.05, 3.63) is 101 Å². The zero-order valence-electron chi connectivity index (χ0n) is 13.7. The Balaban J connectivity index is 1.75. The normalized spacial score (nSPS) is 10.9. The average molecular weight is 331 g/mol. The highest BCUT2D eigenvalue weighted by Gasteiger charge is 2.10.